The molecule has 2 atom stereocenters. The molecule has 3 heteroatoms. The second-order valence-corrected chi connectivity index (χ2v) is 6.41. The monoisotopic (exact) mass is 332 g/mol. The average Bonchev–Trinajstić information content (AvgIpc) is 2.94. The number of ketones is 1. The number of rotatable bonds is 12. The summed E-state index contributed by atoms with van der Waals surface area (Å²) in [4.78, 5) is 23.0. The largest absolute Gasteiger partial charge is 0.469 e. The lowest BCUT2D eigenvalue weighted by atomic mass is 9.88. The van der Waals surface area contributed by atoms with Crippen molar-refractivity contribution in [1.29, 1.82) is 0 Å². The number of carbonyl (C=O) groups is 2. The third-order valence-corrected chi connectivity index (χ3v) is 4.48. The topological polar surface area (TPSA) is 43.4 Å². The van der Waals surface area contributed by atoms with Crippen LogP contribution >= 0.6 is 0 Å². The molecule has 0 N–H and O–H groups in total. The molecule has 0 amide bonds. The first kappa shape index (κ1) is 20.4. The van der Waals surface area contributed by atoms with E-state index in [1.165, 1.54) is 26.4 Å². The Kier molecular flexibility index (Phi) is 10.8. The van der Waals surface area contributed by atoms with Crippen LogP contribution in [-0.4, -0.2) is 18.9 Å². The van der Waals surface area contributed by atoms with Crippen molar-refractivity contribution < 1.29 is 14.3 Å². The Balaban J connectivity index is 2.26. The van der Waals surface area contributed by atoms with Gasteiger partial charge in [0.05, 0.1) is 7.11 Å². The van der Waals surface area contributed by atoms with Crippen molar-refractivity contribution in [2.45, 2.75) is 64.7 Å². The zero-order valence-corrected chi connectivity index (χ0v) is 15.2. The van der Waals surface area contributed by atoms with E-state index in [-0.39, 0.29) is 17.7 Å². The van der Waals surface area contributed by atoms with Crippen molar-refractivity contribution in [2.24, 2.45) is 11.8 Å². The highest BCUT2D eigenvalue weighted by Gasteiger charge is 2.27. The zero-order chi connectivity index (χ0) is 17.6. The molecule has 3 nitrogen and oxygen atoms in total. The molecule has 0 spiro atoms. The van der Waals surface area contributed by atoms with E-state index in [1.54, 1.807) is 6.08 Å². The number of methoxy groups -OCH3 is 1. The molecule has 1 rings (SSSR count). The third kappa shape index (κ3) is 8.28. The standard InChI is InChI=1S/C21H32O3/c1-3-4-5-6-7-10-13-18-16-17-20(22)19(18)14-11-8-9-12-15-21(23)24-2/h7-8,10-11,16-19H,3-6,9,12-15H2,1-2H3/b10-7-,11-8-/t18-,19+/m0/s1. The predicted molar refractivity (Wildman–Crippen MR) is 98.7 cm³/mol. The second kappa shape index (κ2) is 12.7. The van der Waals surface area contributed by atoms with Gasteiger partial charge in [-0.25, -0.2) is 0 Å². The summed E-state index contributed by atoms with van der Waals surface area (Å²) in [6.45, 7) is 2.21. The van der Waals surface area contributed by atoms with Gasteiger partial charge >= 0.3 is 5.97 Å². The van der Waals surface area contributed by atoms with Gasteiger partial charge in [-0.2, -0.15) is 0 Å². The predicted octanol–water partition coefficient (Wildman–Crippen LogP) is 5.17. The van der Waals surface area contributed by atoms with Gasteiger partial charge in [0.2, 0.25) is 0 Å². The van der Waals surface area contributed by atoms with E-state index in [1.807, 2.05) is 0 Å². The van der Waals surface area contributed by atoms with Gasteiger partial charge in [0.1, 0.15) is 0 Å². The van der Waals surface area contributed by atoms with Crippen molar-refractivity contribution in [3.05, 3.63) is 36.5 Å². The number of hydrogen-bond donors (Lipinski definition) is 0. The van der Waals surface area contributed by atoms with Crippen LogP contribution in [0.15, 0.2) is 36.5 Å². The maximum absolute atomic E-state index is 12.0. The van der Waals surface area contributed by atoms with Crippen LogP contribution in [-0.2, 0) is 14.3 Å². The van der Waals surface area contributed by atoms with Gasteiger partial charge in [0.25, 0.3) is 0 Å². The van der Waals surface area contributed by atoms with Crippen molar-refractivity contribution in [3.63, 3.8) is 0 Å². The molecule has 1 aliphatic rings. The normalized spacial score (nSPS) is 20.5. The van der Waals surface area contributed by atoms with Crippen molar-refractivity contribution in [1.82, 2.24) is 0 Å². The summed E-state index contributed by atoms with van der Waals surface area (Å²) < 4.78 is 4.61. The zero-order valence-electron chi connectivity index (χ0n) is 15.2. The molecule has 24 heavy (non-hydrogen) atoms. The summed E-state index contributed by atoms with van der Waals surface area (Å²) in [5, 5.41) is 0. The molecule has 0 unspecified atom stereocenters. The second-order valence-electron chi connectivity index (χ2n) is 6.41. The summed E-state index contributed by atoms with van der Waals surface area (Å²) in [5.41, 5.74) is 0. The van der Waals surface area contributed by atoms with Gasteiger partial charge in [-0.05, 0) is 50.5 Å². The van der Waals surface area contributed by atoms with Crippen molar-refractivity contribution in [2.75, 3.05) is 7.11 Å². The molecule has 0 saturated heterocycles. The summed E-state index contributed by atoms with van der Waals surface area (Å²) in [7, 11) is 1.41. The molecule has 0 aromatic heterocycles. The molecule has 0 aliphatic heterocycles. The van der Waals surface area contributed by atoms with E-state index < -0.39 is 0 Å². The minimum atomic E-state index is -0.163. The number of allylic oxidation sites excluding steroid dienone is 6. The van der Waals surface area contributed by atoms with Crippen LogP contribution < -0.4 is 0 Å². The summed E-state index contributed by atoms with van der Waals surface area (Å²) in [5.74, 6) is 0.504. The molecule has 134 valence electrons. The van der Waals surface area contributed by atoms with Gasteiger partial charge in [0, 0.05) is 12.3 Å². The van der Waals surface area contributed by atoms with E-state index >= 15 is 0 Å². The number of hydrogen-bond acceptors (Lipinski definition) is 3. The SMILES string of the molecule is CCCCC/C=C\C[C@H]1C=CC(=O)[C@@H]1C/C=C\CCCC(=O)OC. The average molecular weight is 332 g/mol. The molecule has 0 saturated carbocycles. The lowest BCUT2D eigenvalue weighted by molar-refractivity contribution is -0.140. The highest BCUT2D eigenvalue weighted by atomic mass is 16.5. The van der Waals surface area contributed by atoms with Crippen LogP contribution in [0.25, 0.3) is 0 Å². The number of esters is 1. The van der Waals surface area contributed by atoms with E-state index in [4.69, 9.17) is 0 Å². The van der Waals surface area contributed by atoms with Gasteiger partial charge in [0.15, 0.2) is 5.78 Å². The molecule has 0 aromatic rings. The highest BCUT2D eigenvalue weighted by molar-refractivity contribution is 5.94. The Morgan fingerprint density at radius 3 is 2.50 bits per heavy atom. The first-order valence-corrected chi connectivity index (χ1v) is 9.27. The summed E-state index contributed by atoms with van der Waals surface area (Å²) >= 11 is 0. The van der Waals surface area contributed by atoms with Crippen molar-refractivity contribution in [3.8, 4) is 0 Å². The van der Waals surface area contributed by atoms with Crippen LogP contribution in [0.5, 0.6) is 0 Å². The van der Waals surface area contributed by atoms with E-state index in [2.05, 4.69) is 42.0 Å². The van der Waals surface area contributed by atoms with Gasteiger partial charge in [-0.3, -0.25) is 9.59 Å². The minimum absolute atomic E-state index is 0.0853. The first-order valence-electron chi connectivity index (χ1n) is 9.27. The molecule has 0 heterocycles. The molecule has 0 fully saturated rings. The van der Waals surface area contributed by atoms with Crippen molar-refractivity contribution >= 4 is 11.8 Å². The number of unbranched alkanes of at least 4 members (excludes halogenated alkanes) is 4. The quantitative estimate of drug-likeness (QED) is 0.281. The van der Waals surface area contributed by atoms with E-state index in [0.29, 0.717) is 12.3 Å². The Morgan fingerprint density at radius 1 is 1.08 bits per heavy atom. The fourth-order valence-corrected chi connectivity index (χ4v) is 2.93. The Bertz CT molecular complexity index is 460. The van der Waals surface area contributed by atoms with Crippen LogP contribution in [0.1, 0.15) is 64.7 Å². The fourth-order valence-electron chi connectivity index (χ4n) is 2.93. The number of carbonyl (C=O) groups excluding carboxylic acids is 2. The van der Waals surface area contributed by atoms with E-state index in [0.717, 1.165) is 32.1 Å². The van der Waals surface area contributed by atoms with Crippen LogP contribution in [0, 0.1) is 11.8 Å². The minimum Gasteiger partial charge on any atom is -0.469 e. The van der Waals surface area contributed by atoms with E-state index in [9.17, 15) is 9.59 Å². The van der Waals surface area contributed by atoms with Gasteiger partial charge in [-0.15, -0.1) is 0 Å². The summed E-state index contributed by atoms with van der Waals surface area (Å²) in [6.07, 6.45) is 21.2. The first-order chi connectivity index (χ1) is 11.7. The fraction of sp³-hybridized carbons (Fsp3) is 0.619. The maximum Gasteiger partial charge on any atom is 0.305 e. The van der Waals surface area contributed by atoms with Gasteiger partial charge in [-0.1, -0.05) is 50.1 Å². The van der Waals surface area contributed by atoms with Crippen LogP contribution in [0.4, 0.5) is 0 Å². The molecule has 0 aromatic carbocycles. The Morgan fingerprint density at radius 2 is 1.79 bits per heavy atom. The Labute approximate surface area is 146 Å². The molecular formula is C21H32O3. The summed E-state index contributed by atoms with van der Waals surface area (Å²) in [6, 6.07) is 0. The third-order valence-electron chi connectivity index (χ3n) is 4.48. The van der Waals surface area contributed by atoms with Gasteiger partial charge < -0.3 is 4.74 Å². The maximum atomic E-state index is 12.0. The molecule has 0 radical (unpaired) electrons. The molecular weight excluding hydrogens is 300 g/mol. The lowest BCUT2D eigenvalue weighted by Crippen LogP contribution is -2.14. The highest BCUT2D eigenvalue weighted by Crippen LogP contribution is 2.29. The smallest absolute Gasteiger partial charge is 0.305 e. The Hall–Kier alpha value is -1.64. The van der Waals surface area contributed by atoms with Crippen LogP contribution in [0.3, 0.4) is 0 Å². The number of ether oxygens (including phenoxy) is 1. The lowest BCUT2D eigenvalue weighted by Gasteiger charge is -2.14. The molecule has 1 aliphatic carbocycles. The van der Waals surface area contributed by atoms with Crippen LogP contribution in [0.2, 0.25) is 0 Å². The molecule has 0 bridgehead atoms.